The number of carboxylic acid groups (broad SMARTS) is 1. The van der Waals surface area contributed by atoms with E-state index in [1.165, 1.54) is 12.8 Å². The van der Waals surface area contributed by atoms with Gasteiger partial charge < -0.3 is 5.11 Å². The number of carboxylic acids is 1. The summed E-state index contributed by atoms with van der Waals surface area (Å²) < 4.78 is 0. The van der Waals surface area contributed by atoms with Crippen molar-refractivity contribution in [2.75, 3.05) is 6.54 Å². The third-order valence-electron chi connectivity index (χ3n) is 3.69. The van der Waals surface area contributed by atoms with Crippen LogP contribution in [0.1, 0.15) is 39.0 Å². The zero-order chi connectivity index (χ0) is 9.47. The van der Waals surface area contributed by atoms with Crippen molar-refractivity contribution in [2.45, 2.75) is 50.6 Å². The summed E-state index contributed by atoms with van der Waals surface area (Å²) in [6.07, 6.45) is 4.96. The fourth-order valence-electron chi connectivity index (χ4n) is 2.65. The van der Waals surface area contributed by atoms with Crippen LogP contribution in [-0.2, 0) is 4.79 Å². The molecule has 1 saturated heterocycles. The molecule has 1 aliphatic heterocycles. The number of rotatable bonds is 3. The molecule has 13 heavy (non-hydrogen) atoms. The number of likely N-dealkylation sites (tertiary alicyclic amines) is 1. The summed E-state index contributed by atoms with van der Waals surface area (Å²) in [5, 5.41) is 8.84. The Morgan fingerprint density at radius 2 is 2.31 bits per heavy atom. The molecule has 1 aliphatic carbocycles. The maximum Gasteiger partial charge on any atom is 0.305 e. The average Bonchev–Trinajstić information content (AvgIpc) is 1.96. The lowest BCUT2D eigenvalue weighted by atomic mass is 9.70. The highest BCUT2D eigenvalue weighted by molar-refractivity contribution is 5.68. The summed E-state index contributed by atoms with van der Waals surface area (Å²) >= 11 is 0. The highest BCUT2D eigenvalue weighted by Gasteiger charge is 2.48. The van der Waals surface area contributed by atoms with E-state index in [9.17, 15) is 4.79 Å². The summed E-state index contributed by atoms with van der Waals surface area (Å²) in [7, 11) is 0. The van der Waals surface area contributed by atoms with Crippen molar-refractivity contribution in [2.24, 2.45) is 0 Å². The minimum Gasteiger partial charge on any atom is -0.481 e. The molecular weight excluding hydrogens is 166 g/mol. The molecule has 0 spiro atoms. The van der Waals surface area contributed by atoms with Gasteiger partial charge in [0.1, 0.15) is 0 Å². The monoisotopic (exact) mass is 183 g/mol. The van der Waals surface area contributed by atoms with Gasteiger partial charge in [0.25, 0.3) is 0 Å². The first-order chi connectivity index (χ1) is 6.14. The molecule has 0 bridgehead atoms. The van der Waals surface area contributed by atoms with Gasteiger partial charge in [-0.15, -0.1) is 0 Å². The van der Waals surface area contributed by atoms with Crippen molar-refractivity contribution in [1.29, 1.82) is 0 Å². The SMILES string of the molecule is CC1CCN1C1(CC(=O)O)CCC1. The van der Waals surface area contributed by atoms with E-state index < -0.39 is 5.97 Å². The summed E-state index contributed by atoms with van der Waals surface area (Å²) in [5.41, 5.74) is 0.0451. The summed E-state index contributed by atoms with van der Waals surface area (Å²) in [6, 6.07) is 0.611. The molecular formula is C10H17NO2. The molecule has 1 N–H and O–H groups in total. The predicted octanol–water partition coefficient (Wildman–Crippen LogP) is 1.48. The van der Waals surface area contributed by atoms with Crippen molar-refractivity contribution in [3.63, 3.8) is 0 Å². The fourth-order valence-corrected chi connectivity index (χ4v) is 2.65. The molecule has 2 fully saturated rings. The van der Waals surface area contributed by atoms with E-state index in [4.69, 9.17) is 5.11 Å². The molecule has 0 aromatic heterocycles. The lowest BCUT2D eigenvalue weighted by Gasteiger charge is -2.57. The number of hydrogen-bond acceptors (Lipinski definition) is 2. The van der Waals surface area contributed by atoms with Crippen molar-refractivity contribution >= 4 is 5.97 Å². The Kier molecular flexibility index (Phi) is 2.06. The molecule has 3 nitrogen and oxygen atoms in total. The molecule has 0 amide bonds. The van der Waals surface area contributed by atoms with Crippen LogP contribution in [0.15, 0.2) is 0 Å². The number of carbonyl (C=O) groups is 1. The van der Waals surface area contributed by atoms with Crippen molar-refractivity contribution in [1.82, 2.24) is 4.90 Å². The van der Waals surface area contributed by atoms with Gasteiger partial charge in [0.2, 0.25) is 0 Å². The minimum atomic E-state index is -0.640. The smallest absolute Gasteiger partial charge is 0.305 e. The van der Waals surface area contributed by atoms with Crippen LogP contribution in [-0.4, -0.2) is 34.1 Å². The topological polar surface area (TPSA) is 40.5 Å². The summed E-state index contributed by atoms with van der Waals surface area (Å²) in [6.45, 7) is 3.31. The van der Waals surface area contributed by atoms with E-state index in [1.807, 2.05) is 0 Å². The van der Waals surface area contributed by atoms with E-state index in [-0.39, 0.29) is 5.54 Å². The molecule has 74 valence electrons. The lowest BCUT2D eigenvalue weighted by Crippen LogP contribution is -2.63. The van der Waals surface area contributed by atoms with Crippen molar-refractivity contribution in [3.05, 3.63) is 0 Å². The second kappa shape index (κ2) is 2.98. The quantitative estimate of drug-likeness (QED) is 0.720. The van der Waals surface area contributed by atoms with Gasteiger partial charge in [-0.25, -0.2) is 0 Å². The second-order valence-corrected chi connectivity index (χ2v) is 4.48. The Bertz CT molecular complexity index is 223. The Balaban J connectivity index is 2.02. The van der Waals surface area contributed by atoms with E-state index in [2.05, 4.69) is 11.8 Å². The largest absolute Gasteiger partial charge is 0.481 e. The van der Waals surface area contributed by atoms with Gasteiger partial charge in [-0.2, -0.15) is 0 Å². The minimum absolute atomic E-state index is 0.0451. The molecule has 2 rings (SSSR count). The second-order valence-electron chi connectivity index (χ2n) is 4.48. The molecule has 1 heterocycles. The summed E-state index contributed by atoms with van der Waals surface area (Å²) in [4.78, 5) is 13.1. The van der Waals surface area contributed by atoms with E-state index in [1.54, 1.807) is 0 Å². The van der Waals surface area contributed by atoms with Gasteiger partial charge in [-0.05, 0) is 32.6 Å². The van der Waals surface area contributed by atoms with Crippen LogP contribution in [0.5, 0.6) is 0 Å². The molecule has 0 aromatic carbocycles. The number of hydrogen-bond donors (Lipinski definition) is 1. The molecule has 0 radical (unpaired) electrons. The molecule has 3 heteroatoms. The van der Waals surface area contributed by atoms with Gasteiger partial charge >= 0.3 is 5.97 Å². The number of aliphatic carboxylic acids is 1. The van der Waals surface area contributed by atoms with Gasteiger partial charge in [0.15, 0.2) is 0 Å². The van der Waals surface area contributed by atoms with Crippen molar-refractivity contribution < 1.29 is 9.90 Å². The molecule has 2 aliphatic rings. The van der Waals surface area contributed by atoms with Gasteiger partial charge in [0.05, 0.1) is 6.42 Å². The molecule has 1 saturated carbocycles. The normalized spacial score (nSPS) is 31.9. The van der Waals surface area contributed by atoms with Gasteiger partial charge in [0, 0.05) is 18.1 Å². The Morgan fingerprint density at radius 3 is 2.54 bits per heavy atom. The predicted molar refractivity (Wildman–Crippen MR) is 49.6 cm³/mol. The molecule has 1 unspecified atom stereocenters. The van der Waals surface area contributed by atoms with Crippen LogP contribution in [0.4, 0.5) is 0 Å². The summed E-state index contributed by atoms with van der Waals surface area (Å²) in [5.74, 6) is -0.640. The first-order valence-corrected chi connectivity index (χ1v) is 5.13. The highest BCUT2D eigenvalue weighted by Crippen LogP contribution is 2.44. The molecule has 1 atom stereocenters. The van der Waals surface area contributed by atoms with Crippen LogP contribution < -0.4 is 0 Å². The Morgan fingerprint density at radius 1 is 1.62 bits per heavy atom. The molecule has 0 aromatic rings. The maximum atomic E-state index is 10.7. The highest BCUT2D eigenvalue weighted by atomic mass is 16.4. The van der Waals surface area contributed by atoms with Crippen molar-refractivity contribution in [3.8, 4) is 0 Å². The van der Waals surface area contributed by atoms with E-state index in [0.29, 0.717) is 12.5 Å². The van der Waals surface area contributed by atoms with Crippen LogP contribution >= 0.6 is 0 Å². The standard InChI is InChI=1S/C10H17NO2/c1-8-3-6-11(8)10(4-2-5-10)7-9(12)13/h8H,2-7H2,1H3,(H,12,13). The first kappa shape index (κ1) is 9.00. The van der Waals surface area contributed by atoms with Crippen LogP contribution in [0.2, 0.25) is 0 Å². The van der Waals surface area contributed by atoms with E-state index >= 15 is 0 Å². The van der Waals surface area contributed by atoms with Crippen LogP contribution in [0, 0.1) is 0 Å². The third-order valence-corrected chi connectivity index (χ3v) is 3.69. The Hall–Kier alpha value is -0.570. The van der Waals surface area contributed by atoms with E-state index in [0.717, 1.165) is 19.4 Å². The number of nitrogens with zero attached hydrogens (tertiary/aromatic N) is 1. The van der Waals surface area contributed by atoms with Gasteiger partial charge in [-0.1, -0.05) is 0 Å². The maximum absolute atomic E-state index is 10.7. The van der Waals surface area contributed by atoms with Crippen LogP contribution in [0.3, 0.4) is 0 Å². The third kappa shape index (κ3) is 1.35. The average molecular weight is 183 g/mol. The zero-order valence-corrected chi connectivity index (χ0v) is 8.12. The van der Waals surface area contributed by atoms with Gasteiger partial charge in [-0.3, -0.25) is 9.69 Å². The first-order valence-electron chi connectivity index (χ1n) is 5.13. The lowest BCUT2D eigenvalue weighted by molar-refractivity contribution is -0.147. The Labute approximate surface area is 78.7 Å². The zero-order valence-electron chi connectivity index (χ0n) is 8.12. The van der Waals surface area contributed by atoms with Crippen LogP contribution in [0.25, 0.3) is 0 Å². The fraction of sp³-hybridized carbons (Fsp3) is 0.900.